The van der Waals surface area contributed by atoms with Crippen LogP contribution in [0.2, 0.25) is 0 Å². The second-order valence-corrected chi connectivity index (χ2v) is 6.36. The number of aromatic nitrogens is 2. The maximum Gasteiger partial charge on any atom is 0.250 e. The molecule has 0 amide bonds. The van der Waals surface area contributed by atoms with E-state index in [1.165, 1.54) is 11.3 Å². The highest BCUT2D eigenvalue weighted by molar-refractivity contribution is 7.91. The Bertz CT molecular complexity index is 572. The number of sulfonamides is 1. The molecule has 0 saturated heterocycles. The molecule has 2 rings (SSSR count). The van der Waals surface area contributed by atoms with E-state index in [2.05, 4.69) is 9.82 Å². The quantitative estimate of drug-likeness (QED) is 0.895. The van der Waals surface area contributed by atoms with Crippen molar-refractivity contribution in [2.45, 2.75) is 24.2 Å². The van der Waals surface area contributed by atoms with Crippen molar-refractivity contribution in [1.29, 1.82) is 0 Å². The number of nitrogens with zero attached hydrogens (tertiary/aromatic N) is 2. The van der Waals surface area contributed by atoms with Gasteiger partial charge in [0.1, 0.15) is 4.21 Å². The number of nitrogens with one attached hydrogen (secondary N) is 1. The van der Waals surface area contributed by atoms with Crippen LogP contribution < -0.4 is 4.72 Å². The summed E-state index contributed by atoms with van der Waals surface area (Å²) in [7, 11) is -3.39. The Hall–Kier alpha value is -1.18. The number of hydrogen-bond donors (Lipinski definition) is 1. The number of hydrogen-bond acceptors (Lipinski definition) is 4. The van der Waals surface area contributed by atoms with Crippen LogP contribution in [0.3, 0.4) is 0 Å². The lowest BCUT2D eigenvalue weighted by molar-refractivity contribution is 0.580. The predicted octanol–water partition coefficient (Wildman–Crippen LogP) is 1.44. The average molecular weight is 271 g/mol. The smallest absolute Gasteiger partial charge is 0.250 e. The molecular formula is C10H13N3O2S2. The molecule has 0 radical (unpaired) electrons. The van der Waals surface area contributed by atoms with Gasteiger partial charge >= 0.3 is 0 Å². The third kappa shape index (κ3) is 2.93. The second kappa shape index (κ2) is 4.99. The first-order valence-corrected chi connectivity index (χ1v) is 7.53. The molecule has 0 aliphatic heterocycles. The zero-order valence-corrected chi connectivity index (χ0v) is 11.0. The molecule has 7 heteroatoms. The number of aryl methyl sites for hydroxylation is 1. The minimum atomic E-state index is -3.39. The Morgan fingerprint density at radius 3 is 2.88 bits per heavy atom. The fraction of sp³-hybridized carbons (Fsp3) is 0.300. The van der Waals surface area contributed by atoms with Crippen LogP contribution >= 0.6 is 11.3 Å². The Morgan fingerprint density at radius 1 is 1.47 bits per heavy atom. The molecule has 2 aromatic rings. The van der Waals surface area contributed by atoms with Crippen LogP contribution in [-0.4, -0.2) is 18.2 Å². The number of rotatable bonds is 5. The summed E-state index contributed by atoms with van der Waals surface area (Å²) in [6.07, 6.45) is 1.83. The Labute approximate surface area is 104 Å². The van der Waals surface area contributed by atoms with Crippen molar-refractivity contribution in [2.24, 2.45) is 0 Å². The van der Waals surface area contributed by atoms with Gasteiger partial charge in [-0.3, -0.25) is 4.68 Å². The minimum Gasteiger partial charge on any atom is -0.273 e. The summed E-state index contributed by atoms with van der Waals surface area (Å²) in [6.45, 7) is 2.97. The average Bonchev–Trinajstić information content (AvgIpc) is 2.98. The van der Waals surface area contributed by atoms with Crippen LogP contribution in [0.4, 0.5) is 0 Å². The maximum absolute atomic E-state index is 11.8. The summed E-state index contributed by atoms with van der Waals surface area (Å²) in [5, 5.41) is 5.94. The Balaban J connectivity index is 2.03. The van der Waals surface area contributed by atoms with E-state index < -0.39 is 10.0 Å². The van der Waals surface area contributed by atoms with E-state index in [9.17, 15) is 8.42 Å². The van der Waals surface area contributed by atoms with Gasteiger partial charge in [-0.2, -0.15) is 5.10 Å². The van der Waals surface area contributed by atoms with Crippen LogP contribution in [0.5, 0.6) is 0 Å². The molecule has 2 aromatic heterocycles. The second-order valence-electron chi connectivity index (χ2n) is 3.42. The van der Waals surface area contributed by atoms with Gasteiger partial charge in [-0.25, -0.2) is 13.1 Å². The van der Waals surface area contributed by atoms with Crippen molar-refractivity contribution in [3.8, 4) is 0 Å². The number of thiophene rings is 1. The van der Waals surface area contributed by atoms with Gasteiger partial charge in [-0.1, -0.05) is 6.07 Å². The first-order valence-electron chi connectivity index (χ1n) is 5.17. The van der Waals surface area contributed by atoms with Crippen molar-refractivity contribution in [2.75, 3.05) is 0 Å². The van der Waals surface area contributed by atoms with E-state index in [1.54, 1.807) is 28.3 Å². The van der Waals surface area contributed by atoms with Crippen molar-refractivity contribution < 1.29 is 8.42 Å². The maximum atomic E-state index is 11.8. The van der Waals surface area contributed by atoms with E-state index in [4.69, 9.17) is 0 Å². The molecule has 0 atom stereocenters. The topological polar surface area (TPSA) is 64.0 Å². The molecule has 0 aliphatic rings. The third-order valence-electron chi connectivity index (χ3n) is 2.22. The molecule has 0 aliphatic carbocycles. The van der Waals surface area contributed by atoms with Gasteiger partial charge < -0.3 is 0 Å². The lowest BCUT2D eigenvalue weighted by atomic mass is 10.4. The van der Waals surface area contributed by atoms with Crippen molar-refractivity contribution in [3.63, 3.8) is 0 Å². The molecular weight excluding hydrogens is 258 g/mol. The highest BCUT2D eigenvalue weighted by Crippen LogP contribution is 2.15. The lowest BCUT2D eigenvalue weighted by Crippen LogP contribution is -2.22. The molecule has 0 bridgehead atoms. The summed E-state index contributed by atoms with van der Waals surface area (Å²) >= 11 is 1.20. The summed E-state index contributed by atoms with van der Waals surface area (Å²) in [4.78, 5) is 0. The van der Waals surface area contributed by atoms with E-state index in [0.717, 1.165) is 6.54 Å². The molecule has 17 heavy (non-hydrogen) atoms. The lowest BCUT2D eigenvalue weighted by Gasteiger charge is -2.02. The van der Waals surface area contributed by atoms with Crippen LogP contribution in [0.25, 0.3) is 0 Å². The van der Waals surface area contributed by atoms with Gasteiger partial charge in [0.15, 0.2) is 0 Å². The molecule has 0 spiro atoms. The first-order chi connectivity index (χ1) is 8.12. The Kier molecular flexibility index (Phi) is 3.60. The summed E-state index contributed by atoms with van der Waals surface area (Å²) < 4.78 is 28.2. The van der Waals surface area contributed by atoms with Crippen molar-refractivity contribution >= 4 is 21.4 Å². The van der Waals surface area contributed by atoms with E-state index in [-0.39, 0.29) is 6.54 Å². The van der Waals surface area contributed by atoms with Gasteiger partial charge in [0.2, 0.25) is 10.0 Å². The minimum absolute atomic E-state index is 0.216. The van der Waals surface area contributed by atoms with Gasteiger partial charge in [-0.15, -0.1) is 11.3 Å². The first kappa shape index (κ1) is 12.3. The summed E-state index contributed by atoms with van der Waals surface area (Å²) in [6, 6.07) is 5.10. The molecule has 5 nitrogen and oxygen atoms in total. The van der Waals surface area contributed by atoms with Gasteiger partial charge in [-0.05, 0) is 24.4 Å². The van der Waals surface area contributed by atoms with Crippen LogP contribution in [0.1, 0.15) is 12.6 Å². The van der Waals surface area contributed by atoms with Crippen LogP contribution in [-0.2, 0) is 23.1 Å². The fourth-order valence-electron chi connectivity index (χ4n) is 1.33. The third-order valence-corrected chi connectivity index (χ3v) is 5.02. The van der Waals surface area contributed by atoms with Crippen LogP contribution in [0, 0.1) is 0 Å². The van der Waals surface area contributed by atoms with Crippen molar-refractivity contribution in [3.05, 3.63) is 35.5 Å². The zero-order valence-electron chi connectivity index (χ0n) is 9.33. The Morgan fingerprint density at radius 2 is 2.29 bits per heavy atom. The predicted molar refractivity (Wildman–Crippen MR) is 66.2 cm³/mol. The highest BCUT2D eigenvalue weighted by Gasteiger charge is 2.14. The molecule has 0 fully saturated rings. The van der Waals surface area contributed by atoms with Gasteiger partial charge in [0.25, 0.3) is 0 Å². The van der Waals surface area contributed by atoms with Crippen molar-refractivity contribution in [1.82, 2.24) is 14.5 Å². The molecule has 2 heterocycles. The fourth-order valence-corrected chi connectivity index (χ4v) is 3.37. The largest absolute Gasteiger partial charge is 0.273 e. The van der Waals surface area contributed by atoms with E-state index in [0.29, 0.717) is 9.90 Å². The van der Waals surface area contributed by atoms with Gasteiger partial charge in [0, 0.05) is 12.7 Å². The van der Waals surface area contributed by atoms with E-state index in [1.807, 2.05) is 13.1 Å². The molecule has 0 unspecified atom stereocenters. The molecule has 0 saturated carbocycles. The van der Waals surface area contributed by atoms with E-state index >= 15 is 0 Å². The normalized spacial score (nSPS) is 11.8. The zero-order chi connectivity index (χ0) is 12.3. The monoisotopic (exact) mass is 271 g/mol. The summed E-state index contributed by atoms with van der Waals surface area (Å²) in [5.74, 6) is 0. The summed E-state index contributed by atoms with van der Waals surface area (Å²) in [5.41, 5.74) is 0.715. The van der Waals surface area contributed by atoms with Crippen LogP contribution in [0.15, 0.2) is 34.0 Å². The highest BCUT2D eigenvalue weighted by atomic mass is 32.2. The molecule has 0 aromatic carbocycles. The standard InChI is InChI=1S/C10H13N3O2S2/c1-2-13-6-5-9(12-13)8-11-17(14,15)10-4-3-7-16-10/h3-7,11H,2,8H2,1H3. The molecule has 1 N–H and O–H groups in total. The SMILES string of the molecule is CCn1ccc(CNS(=O)(=O)c2cccs2)n1. The van der Waals surface area contributed by atoms with Gasteiger partial charge in [0.05, 0.1) is 12.2 Å². The molecule has 92 valence electrons.